The van der Waals surface area contributed by atoms with Crippen LogP contribution in [0.1, 0.15) is 17.2 Å². The van der Waals surface area contributed by atoms with Crippen LogP contribution in [0.5, 0.6) is 5.75 Å². The molecule has 1 N–H and O–H groups in total. The van der Waals surface area contributed by atoms with E-state index in [9.17, 15) is 4.79 Å². The van der Waals surface area contributed by atoms with Crippen LogP contribution in [0, 0.1) is 0 Å². The van der Waals surface area contributed by atoms with E-state index >= 15 is 0 Å². The molecule has 1 unspecified atom stereocenters. The topological polar surface area (TPSA) is 57.7 Å². The Morgan fingerprint density at radius 2 is 1.94 bits per heavy atom. The number of nitrogens with one attached hydrogen (secondary N) is 1. The second-order valence-corrected chi connectivity index (χ2v) is 8.96. The van der Waals surface area contributed by atoms with E-state index in [0.717, 1.165) is 61.8 Å². The van der Waals surface area contributed by atoms with Crippen molar-refractivity contribution in [3.05, 3.63) is 65.0 Å². The number of amides is 1. The number of piperazine rings is 1. The summed E-state index contributed by atoms with van der Waals surface area (Å²) in [6.07, 6.45) is 0.931. The zero-order valence-electron chi connectivity index (χ0n) is 17.6. The SMILES string of the molecule is CN1CCN(C(C(=O)Nc2nc(-c3ccc4c(c3)CCO4)cs2)c2ccccc2)CC1. The third-order valence-corrected chi connectivity index (χ3v) is 6.74. The molecule has 3 aromatic rings. The summed E-state index contributed by atoms with van der Waals surface area (Å²) in [5, 5.41) is 5.71. The lowest BCUT2D eigenvalue weighted by Crippen LogP contribution is -2.48. The van der Waals surface area contributed by atoms with E-state index in [4.69, 9.17) is 9.72 Å². The Labute approximate surface area is 186 Å². The first-order valence-electron chi connectivity index (χ1n) is 10.7. The summed E-state index contributed by atoms with van der Waals surface area (Å²) in [6.45, 7) is 4.39. The molecule has 1 atom stereocenters. The molecule has 2 aliphatic heterocycles. The van der Waals surface area contributed by atoms with Crippen LogP contribution >= 0.6 is 11.3 Å². The van der Waals surface area contributed by atoms with Gasteiger partial charge in [-0.25, -0.2) is 4.98 Å². The molecular formula is C24H26N4O2S. The molecule has 0 radical (unpaired) electrons. The van der Waals surface area contributed by atoms with Crippen LogP contribution in [0.25, 0.3) is 11.3 Å². The van der Waals surface area contributed by atoms with Gasteiger partial charge in [0.15, 0.2) is 5.13 Å². The highest BCUT2D eigenvalue weighted by Gasteiger charge is 2.30. The quantitative estimate of drug-likeness (QED) is 0.664. The highest BCUT2D eigenvalue weighted by Crippen LogP contribution is 2.32. The average Bonchev–Trinajstić information content (AvgIpc) is 3.45. The second kappa shape index (κ2) is 8.78. The molecule has 160 valence electrons. The number of likely N-dealkylation sites (N-methyl/N-ethyl adjacent to an activating group) is 1. The predicted molar refractivity (Wildman–Crippen MR) is 124 cm³/mol. The van der Waals surface area contributed by atoms with Gasteiger partial charge >= 0.3 is 0 Å². The normalized spacial score (nSPS) is 17.7. The lowest BCUT2D eigenvalue weighted by Gasteiger charge is -2.37. The molecule has 0 spiro atoms. The lowest BCUT2D eigenvalue weighted by atomic mass is 10.0. The Balaban J connectivity index is 1.35. The molecule has 1 fully saturated rings. The lowest BCUT2D eigenvalue weighted by molar-refractivity contribution is -0.122. The Morgan fingerprint density at radius 1 is 1.13 bits per heavy atom. The summed E-state index contributed by atoms with van der Waals surface area (Å²) in [6, 6.07) is 15.9. The van der Waals surface area contributed by atoms with Crippen molar-refractivity contribution in [2.75, 3.05) is 45.2 Å². The largest absolute Gasteiger partial charge is 0.493 e. The molecule has 1 aromatic heterocycles. The molecule has 1 amide bonds. The Morgan fingerprint density at radius 3 is 2.74 bits per heavy atom. The highest BCUT2D eigenvalue weighted by molar-refractivity contribution is 7.14. The molecule has 2 aliphatic rings. The van der Waals surface area contributed by atoms with Crippen molar-refractivity contribution in [2.45, 2.75) is 12.5 Å². The van der Waals surface area contributed by atoms with Crippen LogP contribution in [0.2, 0.25) is 0 Å². The number of rotatable bonds is 5. The zero-order valence-corrected chi connectivity index (χ0v) is 18.4. The molecule has 31 heavy (non-hydrogen) atoms. The van der Waals surface area contributed by atoms with E-state index in [1.165, 1.54) is 16.9 Å². The van der Waals surface area contributed by atoms with Crippen molar-refractivity contribution in [3.63, 3.8) is 0 Å². The van der Waals surface area contributed by atoms with Gasteiger partial charge in [0.25, 0.3) is 0 Å². The highest BCUT2D eigenvalue weighted by atomic mass is 32.1. The number of hydrogen-bond donors (Lipinski definition) is 1. The van der Waals surface area contributed by atoms with Gasteiger partial charge in [-0.1, -0.05) is 30.3 Å². The van der Waals surface area contributed by atoms with Gasteiger partial charge < -0.3 is 15.0 Å². The fourth-order valence-corrected chi connectivity index (χ4v) is 4.95. The number of ether oxygens (including phenoxy) is 1. The number of hydrogen-bond acceptors (Lipinski definition) is 6. The molecule has 3 heterocycles. The van der Waals surface area contributed by atoms with Gasteiger partial charge in [0.2, 0.25) is 5.91 Å². The van der Waals surface area contributed by atoms with Crippen LogP contribution in [0.4, 0.5) is 5.13 Å². The van der Waals surface area contributed by atoms with Crippen LogP contribution in [0.15, 0.2) is 53.9 Å². The minimum absolute atomic E-state index is 0.0287. The van der Waals surface area contributed by atoms with E-state index < -0.39 is 0 Å². The Bertz CT molecular complexity index is 1060. The molecule has 7 heteroatoms. The van der Waals surface area contributed by atoms with Crippen LogP contribution < -0.4 is 10.1 Å². The minimum atomic E-state index is -0.320. The first kappa shape index (κ1) is 20.2. The van der Waals surface area contributed by atoms with E-state index in [1.807, 2.05) is 47.8 Å². The van der Waals surface area contributed by atoms with Crippen LogP contribution in [-0.4, -0.2) is 60.5 Å². The number of carbonyl (C=O) groups is 1. The number of fused-ring (bicyclic) bond motifs is 1. The van der Waals surface area contributed by atoms with Crippen molar-refractivity contribution in [3.8, 4) is 17.0 Å². The van der Waals surface area contributed by atoms with E-state index in [-0.39, 0.29) is 11.9 Å². The molecule has 5 rings (SSSR count). The van der Waals surface area contributed by atoms with E-state index in [0.29, 0.717) is 5.13 Å². The van der Waals surface area contributed by atoms with Crippen LogP contribution in [0.3, 0.4) is 0 Å². The van der Waals surface area contributed by atoms with Crippen molar-refractivity contribution in [1.29, 1.82) is 0 Å². The summed E-state index contributed by atoms with van der Waals surface area (Å²) in [5.74, 6) is 0.935. The molecule has 6 nitrogen and oxygen atoms in total. The van der Waals surface area contributed by atoms with Gasteiger partial charge in [0.05, 0.1) is 12.3 Å². The third kappa shape index (κ3) is 4.35. The number of thiazole rings is 1. The molecular weight excluding hydrogens is 408 g/mol. The summed E-state index contributed by atoms with van der Waals surface area (Å²) < 4.78 is 5.60. The summed E-state index contributed by atoms with van der Waals surface area (Å²) in [7, 11) is 2.12. The summed E-state index contributed by atoms with van der Waals surface area (Å²) >= 11 is 1.46. The van der Waals surface area contributed by atoms with Gasteiger partial charge in [-0.2, -0.15) is 0 Å². The Kier molecular flexibility index (Phi) is 5.72. The maximum atomic E-state index is 13.4. The fourth-order valence-electron chi connectivity index (χ4n) is 4.23. The average molecular weight is 435 g/mol. The number of nitrogens with zero attached hydrogens (tertiary/aromatic N) is 3. The first-order valence-corrected chi connectivity index (χ1v) is 11.6. The van der Waals surface area contributed by atoms with Crippen molar-refractivity contribution in [2.24, 2.45) is 0 Å². The summed E-state index contributed by atoms with van der Waals surface area (Å²) in [5.41, 5.74) is 4.17. The smallest absolute Gasteiger partial charge is 0.248 e. The number of benzene rings is 2. The molecule has 1 saturated heterocycles. The van der Waals surface area contributed by atoms with E-state index in [1.54, 1.807) is 0 Å². The maximum absolute atomic E-state index is 13.4. The predicted octanol–water partition coefficient (Wildman–Crippen LogP) is 3.67. The third-order valence-electron chi connectivity index (χ3n) is 5.99. The van der Waals surface area contributed by atoms with Crippen molar-refractivity contribution >= 4 is 22.4 Å². The fraction of sp³-hybridized carbons (Fsp3) is 0.333. The standard InChI is InChI=1S/C24H26N4O2S/c1-27-10-12-28(13-11-27)22(17-5-3-2-4-6-17)23(29)26-24-25-20(16-31-24)18-7-8-21-19(15-18)9-14-30-21/h2-8,15-16,22H,9-14H2,1H3,(H,25,26,29). The molecule has 0 bridgehead atoms. The first-order chi connectivity index (χ1) is 15.2. The monoisotopic (exact) mass is 434 g/mol. The van der Waals surface area contributed by atoms with Gasteiger partial charge in [-0.3, -0.25) is 9.69 Å². The molecule has 2 aromatic carbocycles. The van der Waals surface area contributed by atoms with Crippen molar-refractivity contribution < 1.29 is 9.53 Å². The summed E-state index contributed by atoms with van der Waals surface area (Å²) in [4.78, 5) is 22.6. The van der Waals surface area contributed by atoms with Crippen LogP contribution in [-0.2, 0) is 11.2 Å². The number of anilines is 1. The number of aromatic nitrogens is 1. The molecule has 0 saturated carbocycles. The number of carbonyl (C=O) groups excluding carboxylic acids is 1. The minimum Gasteiger partial charge on any atom is -0.493 e. The van der Waals surface area contributed by atoms with Gasteiger partial charge in [-0.05, 0) is 36.4 Å². The second-order valence-electron chi connectivity index (χ2n) is 8.10. The van der Waals surface area contributed by atoms with Gasteiger partial charge in [0, 0.05) is 43.5 Å². The maximum Gasteiger partial charge on any atom is 0.248 e. The van der Waals surface area contributed by atoms with E-state index in [2.05, 4.69) is 28.2 Å². The Hall–Kier alpha value is -2.74. The van der Waals surface area contributed by atoms with Gasteiger partial charge in [-0.15, -0.1) is 11.3 Å². The van der Waals surface area contributed by atoms with Crippen molar-refractivity contribution in [1.82, 2.24) is 14.8 Å². The molecule has 0 aliphatic carbocycles. The van der Waals surface area contributed by atoms with Gasteiger partial charge in [0.1, 0.15) is 11.8 Å². The zero-order chi connectivity index (χ0) is 21.2.